The van der Waals surface area contributed by atoms with E-state index in [4.69, 9.17) is 16.3 Å². The molecule has 0 bridgehead atoms. The monoisotopic (exact) mass is 262 g/mol. The molecule has 0 fully saturated rings. The van der Waals surface area contributed by atoms with E-state index in [9.17, 15) is 13.2 Å². The molecule has 0 N–H and O–H groups in total. The maximum Gasteiger partial charge on any atom is 0.436 e. The van der Waals surface area contributed by atoms with E-state index in [1.165, 1.54) is 19.2 Å². The van der Waals surface area contributed by atoms with Gasteiger partial charge >= 0.3 is 6.18 Å². The van der Waals surface area contributed by atoms with E-state index < -0.39 is 17.0 Å². The second-order valence-electron chi connectivity index (χ2n) is 3.22. The first-order chi connectivity index (χ1) is 7.91. The molecule has 90 valence electrons. The Morgan fingerprint density at radius 2 is 1.88 bits per heavy atom. The van der Waals surface area contributed by atoms with Crippen molar-refractivity contribution in [3.63, 3.8) is 0 Å². The van der Waals surface area contributed by atoms with Gasteiger partial charge in [-0.05, 0) is 12.1 Å². The van der Waals surface area contributed by atoms with Gasteiger partial charge in [-0.3, -0.25) is 0 Å². The predicted molar refractivity (Wildman–Crippen MR) is 56.1 cm³/mol. The summed E-state index contributed by atoms with van der Waals surface area (Å²) in [6.07, 6.45) is -4.62. The molecule has 7 heteroatoms. The summed E-state index contributed by atoms with van der Waals surface area (Å²) < 4.78 is 42.5. The maximum absolute atomic E-state index is 12.5. The number of rotatable bonds is 1. The number of methoxy groups -OCH3 is 1. The fraction of sp³-hybridized carbons (Fsp3) is 0.200. The van der Waals surface area contributed by atoms with Gasteiger partial charge in [-0.2, -0.15) is 13.2 Å². The zero-order valence-electron chi connectivity index (χ0n) is 8.55. The summed E-state index contributed by atoms with van der Waals surface area (Å²) in [6.45, 7) is 0. The Hall–Kier alpha value is -1.56. The average Bonchev–Trinajstić information content (AvgIpc) is 2.26. The highest BCUT2D eigenvalue weighted by Crippen LogP contribution is 2.33. The molecule has 1 aromatic heterocycles. The van der Waals surface area contributed by atoms with E-state index in [0.717, 1.165) is 0 Å². The summed E-state index contributed by atoms with van der Waals surface area (Å²) in [5.41, 5.74) is -0.829. The van der Waals surface area contributed by atoms with Gasteiger partial charge in [0.2, 0.25) is 0 Å². The minimum atomic E-state index is -4.62. The van der Waals surface area contributed by atoms with Gasteiger partial charge in [0.15, 0.2) is 10.8 Å². The smallest absolute Gasteiger partial charge is 0.436 e. The highest BCUT2D eigenvalue weighted by molar-refractivity contribution is 6.30. The minimum Gasteiger partial charge on any atom is -0.497 e. The molecule has 17 heavy (non-hydrogen) atoms. The van der Waals surface area contributed by atoms with Crippen molar-refractivity contribution in [3.05, 3.63) is 29.0 Å². The summed E-state index contributed by atoms with van der Waals surface area (Å²) in [5, 5.41) is -0.657. The van der Waals surface area contributed by atoms with Crippen LogP contribution in [0.5, 0.6) is 5.75 Å². The molecule has 0 unspecified atom stereocenters. The van der Waals surface area contributed by atoms with Gasteiger partial charge in [-0.15, -0.1) is 0 Å². The quantitative estimate of drug-likeness (QED) is 0.791. The Morgan fingerprint density at radius 3 is 2.47 bits per heavy atom. The standard InChI is InChI=1S/C10H6ClF3N2O/c1-17-5-2-3-6-7(4-5)15-8(9(11)16-6)10(12,13)14/h2-4H,1H3. The van der Waals surface area contributed by atoms with Gasteiger partial charge in [0.05, 0.1) is 18.1 Å². The minimum absolute atomic E-state index is 0.0843. The van der Waals surface area contributed by atoms with Crippen LogP contribution in [-0.4, -0.2) is 17.1 Å². The van der Waals surface area contributed by atoms with Crippen LogP contribution < -0.4 is 4.74 Å². The van der Waals surface area contributed by atoms with E-state index >= 15 is 0 Å². The third-order valence-electron chi connectivity index (χ3n) is 2.10. The predicted octanol–water partition coefficient (Wildman–Crippen LogP) is 3.31. The molecule has 0 amide bonds. The molecule has 0 saturated carbocycles. The fourth-order valence-electron chi connectivity index (χ4n) is 1.32. The number of benzene rings is 1. The molecule has 0 spiro atoms. The van der Waals surface area contributed by atoms with E-state index in [1.54, 1.807) is 6.07 Å². The lowest BCUT2D eigenvalue weighted by atomic mass is 10.2. The van der Waals surface area contributed by atoms with Crippen molar-refractivity contribution in [2.24, 2.45) is 0 Å². The Morgan fingerprint density at radius 1 is 1.18 bits per heavy atom. The van der Waals surface area contributed by atoms with Crippen LogP contribution in [0.1, 0.15) is 5.69 Å². The second kappa shape index (κ2) is 4.03. The van der Waals surface area contributed by atoms with Crippen molar-refractivity contribution in [1.29, 1.82) is 0 Å². The molecule has 2 aromatic rings. The van der Waals surface area contributed by atoms with Gasteiger partial charge < -0.3 is 4.74 Å². The molecule has 0 radical (unpaired) electrons. The van der Waals surface area contributed by atoms with E-state index in [2.05, 4.69) is 9.97 Å². The first-order valence-corrected chi connectivity index (χ1v) is 4.88. The van der Waals surface area contributed by atoms with E-state index in [-0.39, 0.29) is 11.0 Å². The van der Waals surface area contributed by atoms with Crippen molar-refractivity contribution in [2.45, 2.75) is 6.18 Å². The lowest BCUT2D eigenvalue weighted by Gasteiger charge is -2.08. The summed E-state index contributed by atoms with van der Waals surface area (Å²) in [6, 6.07) is 4.43. The van der Waals surface area contributed by atoms with Crippen molar-refractivity contribution < 1.29 is 17.9 Å². The molecule has 0 atom stereocenters. The number of hydrogen-bond acceptors (Lipinski definition) is 3. The fourth-order valence-corrected chi connectivity index (χ4v) is 1.56. The molecule has 3 nitrogen and oxygen atoms in total. The average molecular weight is 263 g/mol. The molecule has 0 aliphatic heterocycles. The van der Waals surface area contributed by atoms with Gasteiger partial charge in [0.25, 0.3) is 0 Å². The zero-order chi connectivity index (χ0) is 12.6. The van der Waals surface area contributed by atoms with Crippen LogP contribution in [0.15, 0.2) is 18.2 Å². The zero-order valence-corrected chi connectivity index (χ0v) is 9.30. The number of aromatic nitrogens is 2. The number of ether oxygens (including phenoxy) is 1. The molecular formula is C10H6ClF3N2O. The number of hydrogen-bond donors (Lipinski definition) is 0. The lowest BCUT2D eigenvalue weighted by Crippen LogP contribution is -2.10. The summed E-state index contributed by atoms with van der Waals surface area (Å²) >= 11 is 5.44. The first kappa shape index (κ1) is 11.9. The van der Waals surface area contributed by atoms with Crippen LogP contribution in [0.4, 0.5) is 13.2 Å². The Kier molecular flexibility index (Phi) is 2.82. The van der Waals surface area contributed by atoms with Gasteiger partial charge in [0, 0.05) is 6.07 Å². The molecule has 0 saturated heterocycles. The first-order valence-electron chi connectivity index (χ1n) is 4.50. The summed E-state index contributed by atoms with van der Waals surface area (Å²) in [7, 11) is 1.41. The van der Waals surface area contributed by atoms with Gasteiger partial charge in [0.1, 0.15) is 5.75 Å². The van der Waals surface area contributed by atoms with Gasteiger partial charge in [-0.1, -0.05) is 11.6 Å². The van der Waals surface area contributed by atoms with E-state index in [1.807, 2.05) is 0 Å². The van der Waals surface area contributed by atoms with E-state index in [0.29, 0.717) is 5.75 Å². The van der Waals surface area contributed by atoms with Crippen molar-refractivity contribution in [1.82, 2.24) is 9.97 Å². The SMILES string of the molecule is COc1ccc2nc(Cl)c(C(F)(F)F)nc2c1. The van der Waals surface area contributed by atoms with Crippen LogP contribution in [-0.2, 0) is 6.18 Å². The molecule has 2 rings (SSSR count). The molecule has 0 aliphatic rings. The third-order valence-corrected chi connectivity index (χ3v) is 2.36. The van der Waals surface area contributed by atoms with Crippen LogP contribution in [0.3, 0.4) is 0 Å². The van der Waals surface area contributed by atoms with Crippen LogP contribution in [0.2, 0.25) is 5.15 Å². The van der Waals surface area contributed by atoms with Crippen LogP contribution >= 0.6 is 11.6 Å². The van der Waals surface area contributed by atoms with Crippen LogP contribution in [0.25, 0.3) is 11.0 Å². The maximum atomic E-state index is 12.5. The van der Waals surface area contributed by atoms with Gasteiger partial charge in [-0.25, -0.2) is 9.97 Å². The number of nitrogens with zero attached hydrogens (tertiary/aromatic N) is 2. The number of halogens is 4. The molecular weight excluding hydrogens is 257 g/mol. The number of alkyl halides is 3. The summed E-state index contributed by atoms with van der Waals surface area (Å²) in [5.74, 6) is 0.405. The largest absolute Gasteiger partial charge is 0.497 e. The number of fused-ring (bicyclic) bond motifs is 1. The normalized spacial score (nSPS) is 11.8. The molecule has 1 aromatic carbocycles. The van der Waals surface area contributed by atoms with Crippen LogP contribution in [0, 0.1) is 0 Å². The van der Waals surface area contributed by atoms with Crippen molar-refractivity contribution >= 4 is 22.6 Å². The van der Waals surface area contributed by atoms with Crippen molar-refractivity contribution in [2.75, 3.05) is 7.11 Å². The molecule has 1 heterocycles. The lowest BCUT2D eigenvalue weighted by molar-refractivity contribution is -0.141. The second-order valence-corrected chi connectivity index (χ2v) is 3.57. The Bertz CT molecular complexity index is 571. The highest BCUT2D eigenvalue weighted by Gasteiger charge is 2.36. The Labute approximate surface area is 99.2 Å². The summed E-state index contributed by atoms with van der Waals surface area (Å²) in [4.78, 5) is 7.10. The highest BCUT2D eigenvalue weighted by atomic mass is 35.5. The molecule has 0 aliphatic carbocycles. The topological polar surface area (TPSA) is 35.0 Å². The van der Waals surface area contributed by atoms with Crippen molar-refractivity contribution in [3.8, 4) is 5.75 Å². The Balaban J connectivity index is 2.69. The third kappa shape index (κ3) is 2.26.